The number of rotatable bonds is 7. The lowest BCUT2D eigenvalue weighted by Gasteiger charge is -2.08. The second kappa shape index (κ2) is 8.68. The van der Waals surface area contributed by atoms with E-state index in [1.807, 2.05) is 48.5 Å². The summed E-state index contributed by atoms with van der Waals surface area (Å²) < 4.78 is 5.73. The molecule has 0 saturated carbocycles. The topological polar surface area (TPSA) is 46.5 Å². The Morgan fingerprint density at radius 2 is 1.96 bits per heavy atom. The number of hydrogen-bond acceptors (Lipinski definition) is 4. The first-order chi connectivity index (χ1) is 12.6. The monoisotopic (exact) mass is 367 g/mol. The van der Waals surface area contributed by atoms with Gasteiger partial charge < -0.3 is 4.74 Å². The van der Waals surface area contributed by atoms with Crippen molar-refractivity contribution < 1.29 is 4.74 Å². The van der Waals surface area contributed by atoms with E-state index in [1.165, 1.54) is 0 Å². The molecular formula is C21H22ClN3O. The van der Waals surface area contributed by atoms with Crippen LogP contribution in [0.5, 0.6) is 5.75 Å². The molecule has 3 aromatic rings. The van der Waals surface area contributed by atoms with Gasteiger partial charge in [0.15, 0.2) is 0 Å². The normalized spacial score (nSPS) is 11.4. The van der Waals surface area contributed by atoms with Gasteiger partial charge in [0.1, 0.15) is 5.75 Å². The van der Waals surface area contributed by atoms with Crippen molar-refractivity contribution in [2.24, 2.45) is 11.0 Å². The zero-order valence-corrected chi connectivity index (χ0v) is 15.7. The number of pyridine rings is 1. The summed E-state index contributed by atoms with van der Waals surface area (Å²) in [6.45, 7) is 5.12. The number of hydrogen-bond donors (Lipinski definition) is 1. The maximum absolute atomic E-state index is 6.01. The number of ether oxygens (including phenoxy) is 1. The van der Waals surface area contributed by atoms with Gasteiger partial charge in [-0.25, -0.2) is 0 Å². The number of hydrazone groups is 1. The molecule has 0 saturated heterocycles. The minimum Gasteiger partial charge on any atom is -0.494 e. The number of benzene rings is 2. The van der Waals surface area contributed by atoms with E-state index in [0.29, 0.717) is 10.9 Å². The minimum atomic E-state index is 0.646. The van der Waals surface area contributed by atoms with Crippen molar-refractivity contribution in [3.05, 3.63) is 65.3 Å². The van der Waals surface area contributed by atoms with Crippen LogP contribution in [0.1, 0.15) is 25.8 Å². The second-order valence-corrected chi connectivity index (χ2v) is 6.93. The predicted molar refractivity (Wildman–Crippen MR) is 109 cm³/mol. The van der Waals surface area contributed by atoms with Crippen molar-refractivity contribution in [3.8, 4) is 5.75 Å². The third-order valence-corrected chi connectivity index (χ3v) is 4.18. The highest BCUT2D eigenvalue weighted by Crippen LogP contribution is 2.24. The molecule has 1 N–H and O–H groups in total. The predicted octanol–water partition coefficient (Wildman–Crippen LogP) is 5.76. The van der Waals surface area contributed by atoms with Crippen LogP contribution in [0.4, 0.5) is 5.69 Å². The van der Waals surface area contributed by atoms with Crippen LogP contribution in [0.15, 0.2) is 59.8 Å². The van der Waals surface area contributed by atoms with Crippen molar-refractivity contribution >= 4 is 34.4 Å². The van der Waals surface area contributed by atoms with E-state index in [0.717, 1.165) is 40.9 Å². The number of halogens is 1. The molecule has 2 aromatic carbocycles. The van der Waals surface area contributed by atoms with E-state index in [1.54, 1.807) is 12.4 Å². The van der Waals surface area contributed by atoms with Crippen LogP contribution in [0.3, 0.4) is 0 Å². The Morgan fingerprint density at radius 3 is 2.73 bits per heavy atom. The van der Waals surface area contributed by atoms with Crippen molar-refractivity contribution in [1.29, 1.82) is 0 Å². The molecule has 0 spiro atoms. The van der Waals surface area contributed by atoms with Crippen LogP contribution < -0.4 is 10.2 Å². The number of aromatic nitrogens is 1. The first kappa shape index (κ1) is 18.2. The molecule has 1 heterocycles. The zero-order chi connectivity index (χ0) is 18.4. The van der Waals surface area contributed by atoms with Crippen LogP contribution in [-0.4, -0.2) is 17.8 Å². The molecule has 134 valence electrons. The maximum Gasteiger partial charge on any atom is 0.119 e. The van der Waals surface area contributed by atoms with Gasteiger partial charge in [-0.15, -0.1) is 0 Å². The lowest BCUT2D eigenvalue weighted by molar-refractivity contribution is 0.289. The van der Waals surface area contributed by atoms with Gasteiger partial charge in [-0.1, -0.05) is 25.4 Å². The minimum absolute atomic E-state index is 0.646. The Hall–Kier alpha value is -2.59. The molecule has 4 nitrogen and oxygen atoms in total. The quantitative estimate of drug-likeness (QED) is 0.426. The Bertz CT molecular complexity index is 891. The van der Waals surface area contributed by atoms with E-state index in [2.05, 4.69) is 29.4 Å². The van der Waals surface area contributed by atoms with E-state index in [4.69, 9.17) is 16.3 Å². The number of fused-ring (bicyclic) bond motifs is 1. The molecule has 3 rings (SSSR count). The highest BCUT2D eigenvalue weighted by atomic mass is 35.5. The van der Waals surface area contributed by atoms with Crippen LogP contribution in [0, 0.1) is 5.92 Å². The summed E-state index contributed by atoms with van der Waals surface area (Å²) in [5.74, 6) is 1.53. The molecule has 0 fully saturated rings. The molecule has 5 heteroatoms. The van der Waals surface area contributed by atoms with Gasteiger partial charge in [0.2, 0.25) is 0 Å². The zero-order valence-electron chi connectivity index (χ0n) is 14.9. The Kier molecular flexibility index (Phi) is 6.08. The van der Waals surface area contributed by atoms with Crippen molar-refractivity contribution in [2.75, 3.05) is 12.0 Å². The summed E-state index contributed by atoms with van der Waals surface area (Å²) in [5.41, 5.74) is 5.79. The summed E-state index contributed by atoms with van der Waals surface area (Å²) in [5, 5.41) is 5.97. The molecule has 0 aliphatic heterocycles. The first-order valence-corrected chi connectivity index (χ1v) is 9.06. The number of anilines is 1. The molecule has 0 aliphatic carbocycles. The third kappa shape index (κ3) is 4.96. The molecule has 0 bridgehead atoms. The van der Waals surface area contributed by atoms with E-state index < -0.39 is 0 Å². The van der Waals surface area contributed by atoms with Gasteiger partial charge >= 0.3 is 0 Å². The molecule has 0 unspecified atom stereocenters. The fraction of sp³-hybridized carbons (Fsp3) is 0.238. The summed E-state index contributed by atoms with van der Waals surface area (Å²) in [7, 11) is 0. The number of nitrogens with zero attached hydrogens (tertiary/aromatic N) is 2. The number of nitrogens with one attached hydrogen (secondary N) is 1. The summed E-state index contributed by atoms with van der Waals surface area (Å²) in [4.78, 5) is 4.32. The van der Waals surface area contributed by atoms with Crippen LogP contribution >= 0.6 is 11.6 Å². The van der Waals surface area contributed by atoms with Gasteiger partial charge in [0.05, 0.1) is 24.0 Å². The summed E-state index contributed by atoms with van der Waals surface area (Å²) >= 11 is 6.01. The van der Waals surface area contributed by atoms with Gasteiger partial charge in [-0.2, -0.15) is 5.10 Å². The average Bonchev–Trinajstić information content (AvgIpc) is 2.62. The van der Waals surface area contributed by atoms with Crippen LogP contribution in [-0.2, 0) is 0 Å². The Balaban J connectivity index is 1.62. The van der Waals surface area contributed by atoms with Crippen molar-refractivity contribution in [3.63, 3.8) is 0 Å². The van der Waals surface area contributed by atoms with Gasteiger partial charge in [-0.3, -0.25) is 10.4 Å². The van der Waals surface area contributed by atoms with E-state index in [9.17, 15) is 0 Å². The Morgan fingerprint density at radius 1 is 1.15 bits per heavy atom. The molecule has 26 heavy (non-hydrogen) atoms. The lowest BCUT2D eigenvalue weighted by Crippen LogP contribution is -2.01. The molecular weight excluding hydrogens is 346 g/mol. The highest BCUT2D eigenvalue weighted by Gasteiger charge is 2.01. The lowest BCUT2D eigenvalue weighted by atomic mass is 10.1. The van der Waals surface area contributed by atoms with Crippen molar-refractivity contribution in [1.82, 2.24) is 4.98 Å². The summed E-state index contributed by atoms with van der Waals surface area (Å²) in [6, 6.07) is 15.4. The van der Waals surface area contributed by atoms with Crippen LogP contribution in [0.2, 0.25) is 5.02 Å². The van der Waals surface area contributed by atoms with Gasteiger partial charge in [-0.05, 0) is 66.4 Å². The fourth-order valence-electron chi connectivity index (χ4n) is 2.46. The largest absolute Gasteiger partial charge is 0.494 e. The first-order valence-electron chi connectivity index (χ1n) is 8.68. The van der Waals surface area contributed by atoms with Crippen LogP contribution in [0.25, 0.3) is 10.9 Å². The molecule has 0 aliphatic rings. The van der Waals surface area contributed by atoms with E-state index in [-0.39, 0.29) is 0 Å². The summed E-state index contributed by atoms with van der Waals surface area (Å²) in [6.07, 6.45) is 4.57. The standard InChI is InChI=1S/C21H22ClN3O/c1-15(2)10-12-26-18-6-3-16(4-7-18)14-24-25-20-9-11-23-21-13-17(22)5-8-19(20)21/h3-9,11,13-15H,10,12H2,1-2H3,(H,23,25). The second-order valence-electron chi connectivity index (χ2n) is 6.49. The SMILES string of the molecule is CC(C)CCOc1ccc(C=NNc2ccnc3cc(Cl)ccc23)cc1. The fourth-order valence-corrected chi connectivity index (χ4v) is 2.62. The van der Waals surface area contributed by atoms with E-state index >= 15 is 0 Å². The van der Waals surface area contributed by atoms with Crippen molar-refractivity contribution in [2.45, 2.75) is 20.3 Å². The highest BCUT2D eigenvalue weighted by molar-refractivity contribution is 6.31. The van der Waals surface area contributed by atoms with Gasteiger partial charge in [0.25, 0.3) is 0 Å². The molecule has 0 radical (unpaired) electrons. The maximum atomic E-state index is 6.01. The third-order valence-electron chi connectivity index (χ3n) is 3.95. The molecule has 0 atom stereocenters. The molecule has 0 amide bonds. The average molecular weight is 368 g/mol. The smallest absolute Gasteiger partial charge is 0.119 e. The van der Waals surface area contributed by atoms with Gasteiger partial charge in [0, 0.05) is 16.6 Å². The Labute approximate surface area is 158 Å². The molecule has 1 aromatic heterocycles.